The first kappa shape index (κ1) is 23.6. The van der Waals surface area contributed by atoms with Crippen LogP contribution < -0.4 is 5.32 Å². The zero-order valence-corrected chi connectivity index (χ0v) is 18.5. The SMILES string of the molecule is CC(C)OCCCNC(=O)C(c1ccccc1)N(Cc1ccccc1)C(=O)C(C)C. The van der Waals surface area contributed by atoms with Crippen LogP contribution in [-0.4, -0.2) is 36.0 Å². The van der Waals surface area contributed by atoms with Gasteiger partial charge in [0.05, 0.1) is 6.10 Å². The van der Waals surface area contributed by atoms with Crippen LogP contribution in [0.3, 0.4) is 0 Å². The fraction of sp³-hybridized carbons (Fsp3) is 0.440. The Morgan fingerprint density at radius 3 is 2.10 bits per heavy atom. The molecule has 1 unspecified atom stereocenters. The van der Waals surface area contributed by atoms with Crippen molar-refractivity contribution >= 4 is 11.8 Å². The van der Waals surface area contributed by atoms with Crippen molar-refractivity contribution < 1.29 is 14.3 Å². The molecule has 0 aliphatic carbocycles. The quantitative estimate of drug-likeness (QED) is 0.561. The summed E-state index contributed by atoms with van der Waals surface area (Å²) < 4.78 is 5.55. The molecular formula is C25H34N2O3. The van der Waals surface area contributed by atoms with Crippen molar-refractivity contribution in [3.8, 4) is 0 Å². The summed E-state index contributed by atoms with van der Waals surface area (Å²) in [6.45, 7) is 9.18. The van der Waals surface area contributed by atoms with Gasteiger partial charge in [-0.25, -0.2) is 0 Å². The monoisotopic (exact) mass is 410 g/mol. The molecule has 0 spiro atoms. The third-order valence-electron chi connectivity index (χ3n) is 4.72. The Morgan fingerprint density at radius 1 is 0.933 bits per heavy atom. The lowest BCUT2D eigenvalue weighted by molar-refractivity contribution is -0.144. The molecule has 2 aromatic carbocycles. The Balaban J connectivity index is 2.25. The van der Waals surface area contributed by atoms with E-state index >= 15 is 0 Å². The molecule has 0 saturated carbocycles. The highest BCUT2D eigenvalue weighted by Crippen LogP contribution is 2.25. The number of hydrogen-bond acceptors (Lipinski definition) is 3. The van der Waals surface area contributed by atoms with Crippen LogP contribution in [0.1, 0.15) is 51.3 Å². The van der Waals surface area contributed by atoms with Gasteiger partial charge in [-0.15, -0.1) is 0 Å². The third kappa shape index (κ3) is 7.30. The molecule has 5 nitrogen and oxygen atoms in total. The summed E-state index contributed by atoms with van der Waals surface area (Å²) in [7, 11) is 0. The molecule has 0 aliphatic heterocycles. The molecule has 2 rings (SSSR count). The standard InChI is InChI=1S/C25H34N2O3/c1-19(2)25(29)27(18-21-12-7-5-8-13-21)23(22-14-9-6-10-15-22)24(28)26-16-11-17-30-20(3)4/h5-10,12-15,19-20,23H,11,16-18H2,1-4H3,(H,26,28). The van der Waals surface area contributed by atoms with Crippen molar-refractivity contribution in [1.29, 1.82) is 0 Å². The highest BCUT2D eigenvalue weighted by molar-refractivity contribution is 5.89. The minimum Gasteiger partial charge on any atom is -0.379 e. The molecule has 0 aliphatic rings. The molecule has 0 saturated heterocycles. The van der Waals surface area contributed by atoms with Gasteiger partial charge in [0.15, 0.2) is 0 Å². The number of carbonyl (C=O) groups is 2. The average Bonchev–Trinajstić information content (AvgIpc) is 2.73. The lowest BCUT2D eigenvalue weighted by atomic mass is 10.0. The second kappa shape index (κ2) is 12.1. The Bertz CT molecular complexity index is 775. The van der Waals surface area contributed by atoms with E-state index in [9.17, 15) is 9.59 Å². The zero-order valence-electron chi connectivity index (χ0n) is 18.5. The second-order valence-corrected chi connectivity index (χ2v) is 7.98. The Morgan fingerprint density at radius 2 is 1.53 bits per heavy atom. The van der Waals surface area contributed by atoms with Gasteiger partial charge in [-0.2, -0.15) is 0 Å². The van der Waals surface area contributed by atoms with Crippen LogP contribution in [0.5, 0.6) is 0 Å². The number of rotatable bonds is 11. The lowest BCUT2D eigenvalue weighted by Gasteiger charge is -2.33. The van der Waals surface area contributed by atoms with Gasteiger partial charge in [0.1, 0.15) is 6.04 Å². The number of ether oxygens (including phenoxy) is 1. The zero-order chi connectivity index (χ0) is 21.9. The average molecular weight is 411 g/mol. The largest absolute Gasteiger partial charge is 0.379 e. The fourth-order valence-electron chi connectivity index (χ4n) is 3.22. The van der Waals surface area contributed by atoms with Gasteiger partial charge >= 0.3 is 0 Å². The van der Waals surface area contributed by atoms with Gasteiger partial charge < -0.3 is 15.0 Å². The van der Waals surface area contributed by atoms with Crippen molar-refractivity contribution in [2.75, 3.05) is 13.2 Å². The van der Waals surface area contributed by atoms with Gasteiger partial charge in [-0.3, -0.25) is 9.59 Å². The van der Waals surface area contributed by atoms with Crippen LogP contribution in [0.15, 0.2) is 60.7 Å². The second-order valence-electron chi connectivity index (χ2n) is 7.98. The topological polar surface area (TPSA) is 58.6 Å². The van der Waals surface area contributed by atoms with E-state index in [4.69, 9.17) is 4.74 Å². The molecular weight excluding hydrogens is 376 g/mol. The van der Waals surface area contributed by atoms with Crippen LogP contribution in [0.2, 0.25) is 0 Å². The molecule has 2 amide bonds. The van der Waals surface area contributed by atoms with Gasteiger partial charge in [-0.05, 0) is 31.4 Å². The number of amides is 2. The summed E-state index contributed by atoms with van der Waals surface area (Å²) in [5.41, 5.74) is 1.80. The van der Waals surface area contributed by atoms with Crippen molar-refractivity contribution in [2.24, 2.45) is 5.92 Å². The van der Waals surface area contributed by atoms with Crippen LogP contribution >= 0.6 is 0 Å². The summed E-state index contributed by atoms with van der Waals surface area (Å²) in [4.78, 5) is 28.1. The van der Waals surface area contributed by atoms with Crippen molar-refractivity contribution in [3.63, 3.8) is 0 Å². The number of hydrogen-bond donors (Lipinski definition) is 1. The maximum absolute atomic E-state index is 13.3. The van der Waals surface area contributed by atoms with Gasteiger partial charge in [-0.1, -0.05) is 74.5 Å². The summed E-state index contributed by atoms with van der Waals surface area (Å²) in [6.07, 6.45) is 0.894. The molecule has 0 heterocycles. The maximum Gasteiger partial charge on any atom is 0.247 e. The van der Waals surface area contributed by atoms with Gasteiger partial charge in [0, 0.05) is 25.6 Å². The van der Waals surface area contributed by atoms with Gasteiger partial charge in [0.2, 0.25) is 11.8 Å². The number of benzene rings is 2. The minimum atomic E-state index is -0.688. The summed E-state index contributed by atoms with van der Waals surface area (Å²) in [5, 5.41) is 3.00. The predicted molar refractivity (Wildman–Crippen MR) is 120 cm³/mol. The van der Waals surface area contributed by atoms with Crippen molar-refractivity contribution in [1.82, 2.24) is 10.2 Å². The number of nitrogens with one attached hydrogen (secondary N) is 1. The molecule has 1 N–H and O–H groups in total. The molecule has 1 atom stereocenters. The normalized spacial score (nSPS) is 12.1. The first-order chi connectivity index (χ1) is 14.4. The molecule has 0 bridgehead atoms. The van der Waals surface area contributed by atoms with E-state index in [2.05, 4.69) is 5.32 Å². The predicted octanol–water partition coefficient (Wildman–Crippen LogP) is 4.34. The summed E-state index contributed by atoms with van der Waals surface area (Å²) in [5.74, 6) is -0.436. The van der Waals surface area contributed by atoms with E-state index < -0.39 is 6.04 Å². The first-order valence-corrected chi connectivity index (χ1v) is 10.7. The van der Waals surface area contributed by atoms with Crippen LogP contribution in [0, 0.1) is 5.92 Å². The molecule has 162 valence electrons. The first-order valence-electron chi connectivity index (χ1n) is 10.7. The molecule has 0 radical (unpaired) electrons. The molecule has 0 aromatic heterocycles. The molecule has 0 fully saturated rings. The van der Waals surface area contributed by atoms with Crippen molar-refractivity contribution in [2.45, 2.75) is 52.8 Å². The molecule has 2 aromatic rings. The highest BCUT2D eigenvalue weighted by Gasteiger charge is 2.32. The Kier molecular flexibility index (Phi) is 9.55. The summed E-state index contributed by atoms with van der Waals surface area (Å²) >= 11 is 0. The third-order valence-corrected chi connectivity index (χ3v) is 4.72. The van der Waals surface area contributed by atoms with Gasteiger partial charge in [0.25, 0.3) is 0 Å². The maximum atomic E-state index is 13.3. The number of nitrogens with zero attached hydrogens (tertiary/aromatic N) is 1. The van der Waals surface area contributed by atoms with Crippen LogP contribution in [-0.2, 0) is 20.9 Å². The minimum absolute atomic E-state index is 0.0500. The van der Waals surface area contributed by atoms with E-state index in [1.54, 1.807) is 4.90 Å². The Hall–Kier alpha value is -2.66. The van der Waals surface area contributed by atoms with E-state index in [1.807, 2.05) is 88.4 Å². The smallest absolute Gasteiger partial charge is 0.247 e. The van der Waals surface area contributed by atoms with E-state index in [-0.39, 0.29) is 23.8 Å². The van der Waals surface area contributed by atoms with Crippen LogP contribution in [0.25, 0.3) is 0 Å². The van der Waals surface area contributed by atoms with E-state index in [0.29, 0.717) is 19.7 Å². The van der Waals surface area contributed by atoms with Crippen LogP contribution in [0.4, 0.5) is 0 Å². The molecule has 5 heteroatoms. The van der Waals surface area contributed by atoms with E-state index in [0.717, 1.165) is 17.5 Å². The molecule has 30 heavy (non-hydrogen) atoms. The van der Waals surface area contributed by atoms with Crippen molar-refractivity contribution in [3.05, 3.63) is 71.8 Å². The highest BCUT2D eigenvalue weighted by atomic mass is 16.5. The fourth-order valence-corrected chi connectivity index (χ4v) is 3.22. The Labute approximate surface area is 180 Å². The lowest BCUT2D eigenvalue weighted by Crippen LogP contribution is -2.45. The number of carbonyl (C=O) groups excluding carboxylic acids is 2. The van der Waals surface area contributed by atoms with E-state index in [1.165, 1.54) is 0 Å². The summed E-state index contributed by atoms with van der Waals surface area (Å²) in [6, 6.07) is 18.6.